The molecule has 0 saturated heterocycles. The number of fused-ring (bicyclic) bond motifs is 1. The SMILES string of the molecule is O=C(O)c1c(Nc2ccc(F)c(F)c2)oc(C=C2C=Nc3ncccc32)c1O. The van der Waals surface area contributed by atoms with Crippen molar-refractivity contribution in [3.8, 4) is 5.75 Å². The summed E-state index contributed by atoms with van der Waals surface area (Å²) in [5.41, 5.74) is 0.748. The summed E-state index contributed by atoms with van der Waals surface area (Å²) in [6.07, 6.45) is 4.49. The highest BCUT2D eigenvalue weighted by atomic mass is 19.2. The molecule has 0 fully saturated rings. The van der Waals surface area contributed by atoms with Crippen LogP contribution in [-0.4, -0.2) is 27.4 Å². The Morgan fingerprint density at radius 3 is 2.79 bits per heavy atom. The number of furan rings is 1. The fourth-order valence-electron chi connectivity index (χ4n) is 2.71. The van der Waals surface area contributed by atoms with Crippen LogP contribution in [0.2, 0.25) is 0 Å². The second-order valence-corrected chi connectivity index (χ2v) is 5.81. The van der Waals surface area contributed by atoms with E-state index in [1.165, 1.54) is 18.4 Å². The molecule has 0 saturated carbocycles. The monoisotopic (exact) mass is 383 g/mol. The van der Waals surface area contributed by atoms with Crippen LogP contribution in [0.3, 0.4) is 0 Å². The molecule has 0 bridgehead atoms. The van der Waals surface area contributed by atoms with Gasteiger partial charge in [0, 0.05) is 35.3 Å². The van der Waals surface area contributed by atoms with Gasteiger partial charge >= 0.3 is 5.97 Å². The summed E-state index contributed by atoms with van der Waals surface area (Å²) >= 11 is 0. The number of carbonyl (C=O) groups is 1. The van der Waals surface area contributed by atoms with Crippen LogP contribution in [0.4, 0.5) is 26.2 Å². The molecule has 28 heavy (non-hydrogen) atoms. The first kappa shape index (κ1) is 17.4. The molecule has 0 aliphatic carbocycles. The second kappa shape index (κ2) is 6.62. The number of nitrogens with zero attached hydrogens (tertiary/aromatic N) is 2. The lowest BCUT2D eigenvalue weighted by Crippen LogP contribution is -2.00. The highest BCUT2D eigenvalue weighted by Crippen LogP contribution is 2.39. The summed E-state index contributed by atoms with van der Waals surface area (Å²) in [7, 11) is 0. The Kier molecular flexibility index (Phi) is 4.11. The van der Waals surface area contributed by atoms with Crippen LogP contribution in [0.15, 0.2) is 45.9 Å². The third-order valence-electron chi connectivity index (χ3n) is 4.01. The van der Waals surface area contributed by atoms with Crippen molar-refractivity contribution < 1.29 is 28.2 Å². The van der Waals surface area contributed by atoms with Gasteiger partial charge in [0.15, 0.2) is 34.5 Å². The zero-order chi connectivity index (χ0) is 19.8. The summed E-state index contributed by atoms with van der Waals surface area (Å²) in [5, 5.41) is 22.3. The lowest BCUT2D eigenvalue weighted by molar-refractivity contribution is 0.0695. The Bertz CT molecular complexity index is 1170. The predicted octanol–water partition coefficient (Wildman–Crippen LogP) is 4.36. The number of aromatic nitrogens is 1. The van der Waals surface area contributed by atoms with E-state index in [2.05, 4.69) is 15.3 Å². The average Bonchev–Trinajstić information content (AvgIpc) is 3.20. The van der Waals surface area contributed by atoms with Gasteiger partial charge in [0.25, 0.3) is 0 Å². The van der Waals surface area contributed by atoms with Crippen LogP contribution in [-0.2, 0) is 0 Å². The van der Waals surface area contributed by atoms with Crippen molar-refractivity contribution in [1.29, 1.82) is 0 Å². The van der Waals surface area contributed by atoms with Gasteiger partial charge in [0.05, 0.1) is 0 Å². The standard InChI is InChI=1S/C19H11F2N3O4/c20-12-4-3-10(7-13(12)21)24-18-15(19(26)27)16(25)14(28-18)6-9-8-23-17-11(9)2-1-5-22-17/h1-8,24-25H,(H,26,27). The molecule has 1 aliphatic rings. The number of benzene rings is 1. The van der Waals surface area contributed by atoms with E-state index in [9.17, 15) is 23.8 Å². The van der Waals surface area contributed by atoms with Gasteiger partial charge < -0.3 is 19.9 Å². The van der Waals surface area contributed by atoms with Gasteiger partial charge in [-0.3, -0.25) is 0 Å². The Morgan fingerprint density at radius 2 is 2.04 bits per heavy atom. The van der Waals surface area contributed by atoms with Crippen molar-refractivity contribution in [2.75, 3.05) is 5.32 Å². The number of carboxylic acids is 1. The molecule has 140 valence electrons. The lowest BCUT2D eigenvalue weighted by atomic mass is 10.1. The first-order valence-electron chi connectivity index (χ1n) is 7.96. The van der Waals surface area contributed by atoms with E-state index < -0.39 is 28.9 Å². The number of allylic oxidation sites excluding steroid dienone is 1. The minimum Gasteiger partial charge on any atom is -0.504 e. The minimum absolute atomic E-state index is 0.0475. The molecule has 3 aromatic rings. The smallest absolute Gasteiger partial charge is 0.345 e. The Hall–Kier alpha value is -4.01. The first-order chi connectivity index (χ1) is 13.4. The van der Waals surface area contributed by atoms with Gasteiger partial charge in [-0.25, -0.2) is 23.6 Å². The Balaban J connectivity index is 1.75. The van der Waals surface area contributed by atoms with Gasteiger partial charge in [0.1, 0.15) is 0 Å². The number of carboxylic acid groups (broad SMARTS) is 1. The molecule has 1 aliphatic heterocycles. The van der Waals surface area contributed by atoms with Crippen molar-refractivity contribution in [1.82, 2.24) is 4.98 Å². The predicted molar refractivity (Wildman–Crippen MR) is 97.2 cm³/mol. The third kappa shape index (κ3) is 2.98. The van der Waals surface area contributed by atoms with Gasteiger partial charge in [-0.15, -0.1) is 0 Å². The van der Waals surface area contributed by atoms with E-state index in [4.69, 9.17) is 4.42 Å². The molecule has 3 heterocycles. The molecule has 3 N–H and O–H groups in total. The number of aromatic hydroxyl groups is 1. The highest BCUT2D eigenvalue weighted by molar-refractivity contribution is 6.21. The average molecular weight is 383 g/mol. The maximum absolute atomic E-state index is 13.4. The highest BCUT2D eigenvalue weighted by Gasteiger charge is 2.26. The van der Waals surface area contributed by atoms with E-state index >= 15 is 0 Å². The second-order valence-electron chi connectivity index (χ2n) is 5.81. The third-order valence-corrected chi connectivity index (χ3v) is 4.01. The summed E-state index contributed by atoms with van der Waals surface area (Å²) in [6, 6.07) is 6.39. The molecule has 0 spiro atoms. The summed E-state index contributed by atoms with van der Waals surface area (Å²) in [5.74, 6) is -4.23. The van der Waals surface area contributed by atoms with Crippen LogP contribution in [0.25, 0.3) is 11.6 Å². The van der Waals surface area contributed by atoms with Gasteiger partial charge in [0.2, 0.25) is 5.88 Å². The Morgan fingerprint density at radius 1 is 1.21 bits per heavy atom. The molecule has 0 amide bonds. The molecule has 1 aromatic carbocycles. The molecule has 9 heteroatoms. The zero-order valence-electron chi connectivity index (χ0n) is 14.0. The molecular weight excluding hydrogens is 372 g/mol. The van der Waals surface area contributed by atoms with Crippen molar-refractivity contribution in [3.63, 3.8) is 0 Å². The molecule has 0 radical (unpaired) electrons. The first-order valence-corrected chi connectivity index (χ1v) is 7.96. The largest absolute Gasteiger partial charge is 0.504 e. The fraction of sp³-hybridized carbons (Fsp3) is 0. The number of anilines is 2. The van der Waals surface area contributed by atoms with E-state index in [1.54, 1.807) is 18.3 Å². The summed E-state index contributed by atoms with van der Waals surface area (Å²) < 4.78 is 31.9. The molecular formula is C19H11F2N3O4. The van der Waals surface area contributed by atoms with Crippen LogP contribution in [0, 0.1) is 11.6 Å². The van der Waals surface area contributed by atoms with Crippen LogP contribution >= 0.6 is 0 Å². The maximum atomic E-state index is 13.4. The number of aromatic carboxylic acids is 1. The van der Waals surface area contributed by atoms with Gasteiger partial charge in [-0.2, -0.15) is 0 Å². The molecule has 2 aromatic heterocycles. The minimum atomic E-state index is -1.46. The van der Waals surface area contributed by atoms with E-state index in [1.807, 2.05) is 0 Å². The van der Waals surface area contributed by atoms with Crippen LogP contribution in [0.1, 0.15) is 21.7 Å². The summed E-state index contributed by atoms with van der Waals surface area (Å²) in [4.78, 5) is 19.8. The van der Waals surface area contributed by atoms with E-state index in [0.29, 0.717) is 17.0 Å². The maximum Gasteiger partial charge on any atom is 0.345 e. The van der Waals surface area contributed by atoms with Gasteiger partial charge in [-0.1, -0.05) is 0 Å². The molecule has 7 nitrogen and oxygen atoms in total. The van der Waals surface area contributed by atoms with Crippen molar-refractivity contribution in [2.45, 2.75) is 0 Å². The van der Waals surface area contributed by atoms with Crippen molar-refractivity contribution in [2.24, 2.45) is 4.99 Å². The molecule has 4 rings (SSSR count). The molecule has 0 unspecified atom stereocenters. The normalized spacial score (nSPS) is 13.7. The van der Waals surface area contributed by atoms with E-state index in [0.717, 1.165) is 12.1 Å². The lowest BCUT2D eigenvalue weighted by Gasteiger charge is -2.04. The number of rotatable bonds is 4. The quantitative estimate of drug-likeness (QED) is 0.618. The Labute approximate surface area is 156 Å². The number of nitrogens with one attached hydrogen (secondary N) is 1. The van der Waals surface area contributed by atoms with Crippen LogP contribution < -0.4 is 5.32 Å². The summed E-state index contributed by atoms with van der Waals surface area (Å²) in [6.45, 7) is 0. The zero-order valence-corrected chi connectivity index (χ0v) is 14.0. The molecule has 0 atom stereocenters. The number of halogens is 2. The van der Waals surface area contributed by atoms with Crippen molar-refractivity contribution >= 4 is 41.2 Å². The van der Waals surface area contributed by atoms with E-state index in [-0.39, 0.29) is 17.3 Å². The number of hydrogen-bond donors (Lipinski definition) is 3. The van der Waals surface area contributed by atoms with Gasteiger partial charge in [-0.05, 0) is 30.3 Å². The number of hydrogen-bond acceptors (Lipinski definition) is 6. The number of aliphatic imine (C=N–C) groups is 1. The number of pyridine rings is 1. The topological polar surface area (TPSA) is 108 Å². The van der Waals surface area contributed by atoms with Crippen LogP contribution in [0.5, 0.6) is 5.75 Å². The van der Waals surface area contributed by atoms with Crippen molar-refractivity contribution in [3.05, 3.63) is 65.1 Å². The fourth-order valence-corrected chi connectivity index (χ4v) is 2.71.